The molecule has 148 valence electrons. The average molecular weight is 376 g/mol. The first-order chi connectivity index (χ1) is 13.1. The molecule has 2 N–H and O–H groups in total. The normalized spacial score (nSPS) is 11.6. The molecule has 0 radical (unpaired) electrons. The molecule has 0 fully saturated rings. The van der Waals surface area contributed by atoms with Gasteiger partial charge in [0.15, 0.2) is 11.8 Å². The molecule has 1 aromatic heterocycles. The minimum absolute atomic E-state index is 0.183. The van der Waals surface area contributed by atoms with Crippen molar-refractivity contribution in [1.29, 1.82) is 0 Å². The van der Waals surface area contributed by atoms with Crippen molar-refractivity contribution < 1.29 is 9.13 Å². The van der Waals surface area contributed by atoms with E-state index in [0.29, 0.717) is 44.2 Å². The molecule has 27 heavy (non-hydrogen) atoms. The predicted molar refractivity (Wildman–Crippen MR) is 104 cm³/mol. The van der Waals surface area contributed by atoms with E-state index in [4.69, 9.17) is 4.74 Å². The molecule has 0 aliphatic rings. The van der Waals surface area contributed by atoms with Crippen molar-refractivity contribution in [2.75, 3.05) is 26.3 Å². The predicted octanol–water partition coefficient (Wildman–Crippen LogP) is 1.97. The van der Waals surface area contributed by atoms with E-state index >= 15 is 0 Å². The fraction of sp³-hybridized carbons (Fsp3) is 0.526. The molecule has 2 aromatic rings. The molecule has 0 saturated heterocycles. The van der Waals surface area contributed by atoms with Crippen LogP contribution in [0.5, 0.6) is 0 Å². The highest BCUT2D eigenvalue weighted by Gasteiger charge is 2.06. The summed E-state index contributed by atoms with van der Waals surface area (Å²) in [4.78, 5) is 4.58. The zero-order valence-electron chi connectivity index (χ0n) is 16.3. The first-order valence-electron chi connectivity index (χ1n) is 9.30. The van der Waals surface area contributed by atoms with Crippen LogP contribution in [0.2, 0.25) is 0 Å². The molecule has 0 saturated carbocycles. The molecule has 0 aliphatic carbocycles. The smallest absolute Gasteiger partial charge is 0.191 e. The molecule has 0 bridgehead atoms. The monoisotopic (exact) mass is 376 g/mol. The molecule has 0 amide bonds. The van der Waals surface area contributed by atoms with E-state index in [1.807, 2.05) is 31.5 Å². The van der Waals surface area contributed by atoms with E-state index in [-0.39, 0.29) is 5.82 Å². The van der Waals surface area contributed by atoms with Gasteiger partial charge in [-0.25, -0.2) is 9.38 Å². The molecular formula is C19H29FN6O. The highest BCUT2D eigenvalue weighted by atomic mass is 19.1. The van der Waals surface area contributed by atoms with Gasteiger partial charge in [0.1, 0.15) is 18.2 Å². The number of nitrogens with one attached hydrogen (secondary N) is 2. The van der Waals surface area contributed by atoms with Crippen molar-refractivity contribution in [3.63, 3.8) is 0 Å². The minimum atomic E-state index is -0.183. The fourth-order valence-corrected chi connectivity index (χ4v) is 2.45. The molecule has 2 rings (SSSR count). The second kappa shape index (κ2) is 11.3. The summed E-state index contributed by atoms with van der Waals surface area (Å²) in [5, 5.41) is 14.7. The van der Waals surface area contributed by atoms with Gasteiger partial charge < -0.3 is 19.9 Å². The highest BCUT2D eigenvalue weighted by Crippen LogP contribution is 2.06. The van der Waals surface area contributed by atoms with E-state index in [2.05, 4.69) is 25.8 Å². The first kappa shape index (κ1) is 20.8. The quantitative estimate of drug-likeness (QED) is 0.377. The molecule has 8 heteroatoms. The van der Waals surface area contributed by atoms with Crippen molar-refractivity contribution in [2.45, 2.75) is 33.2 Å². The van der Waals surface area contributed by atoms with Gasteiger partial charge >= 0.3 is 0 Å². The molecule has 1 heterocycles. The number of benzene rings is 1. The second-order valence-corrected chi connectivity index (χ2v) is 6.13. The summed E-state index contributed by atoms with van der Waals surface area (Å²) in [7, 11) is 1.92. The summed E-state index contributed by atoms with van der Waals surface area (Å²) in [5.41, 5.74) is 0.685. The summed E-state index contributed by atoms with van der Waals surface area (Å²) in [6, 6.07) is 6.82. The van der Waals surface area contributed by atoms with E-state index < -0.39 is 0 Å². The van der Waals surface area contributed by atoms with Crippen LogP contribution >= 0.6 is 0 Å². The summed E-state index contributed by atoms with van der Waals surface area (Å²) < 4.78 is 21.0. The third-order valence-electron chi connectivity index (χ3n) is 4.17. The fourth-order valence-electron chi connectivity index (χ4n) is 2.45. The maximum Gasteiger partial charge on any atom is 0.191 e. The van der Waals surface area contributed by atoms with Crippen molar-refractivity contribution >= 4 is 5.96 Å². The number of ether oxygens (including phenoxy) is 1. The van der Waals surface area contributed by atoms with Crippen LogP contribution in [-0.2, 0) is 24.8 Å². The Morgan fingerprint density at radius 1 is 1.22 bits per heavy atom. The lowest BCUT2D eigenvalue weighted by Gasteiger charge is -2.13. The van der Waals surface area contributed by atoms with Gasteiger partial charge in [-0.15, -0.1) is 10.2 Å². The van der Waals surface area contributed by atoms with Crippen LogP contribution in [0.3, 0.4) is 0 Å². The number of hydrogen-bond donors (Lipinski definition) is 2. The van der Waals surface area contributed by atoms with Crippen molar-refractivity contribution in [1.82, 2.24) is 25.4 Å². The van der Waals surface area contributed by atoms with Gasteiger partial charge in [-0.1, -0.05) is 18.2 Å². The number of aliphatic imine (C=N–C) groups is 1. The maximum absolute atomic E-state index is 13.7. The standard InChI is InChI=1S/C19H29FN6O/c1-4-27-13-7-11-21-19(23-14-18-25-24-15(2)26(18)3)22-12-10-16-8-5-6-9-17(16)20/h5-6,8-9H,4,7,10-14H2,1-3H3,(H2,21,22,23). The number of halogens is 1. The Hall–Kier alpha value is -2.48. The van der Waals surface area contributed by atoms with Gasteiger partial charge in [-0.2, -0.15) is 0 Å². The molecule has 0 spiro atoms. The lowest BCUT2D eigenvalue weighted by Crippen LogP contribution is -2.39. The van der Waals surface area contributed by atoms with Crippen molar-refractivity contribution in [2.24, 2.45) is 12.0 Å². The van der Waals surface area contributed by atoms with Crippen molar-refractivity contribution in [3.05, 3.63) is 47.3 Å². The summed E-state index contributed by atoms with van der Waals surface area (Å²) in [5.74, 6) is 2.12. The summed E-state index contributed by atoms with van der Waals surface area (Å²) >= 11 is 0. The summed E-state index contributed by atoms with van der Waals surface area (Å²) in [6.45, 7) is 7.03. The Kier molecular flexibility index (Phi) is 8.70. The van der Waals surface area contributed by atoms with Crippen LogP contribution in [0, 0.1) is 12.7 Å². The van der Waals surface area contributed by atoms with Crippen LogP contribution in [-0.4, -0.2) is 47.0 Å². The number of nitrogens with zero attached hydrogens (tertiary/aromatic N) is 4. The number of rotatable bonds is 10. The average Bonchev–Trinajstić information content (AvgIpc) is 2.99. The van der Waals surface area contributed by atoms with Gasteiger partial charge in [0.2, 0.25) is 0 Å². The minimum Gasteiger partial charge on any atom is -0.382 e. The zero-order chi connectivity index (χ0) is 19.5. The Morgan fingerprint density at radius 2 is 2.00 bits per heavy atom. The molecule has 7 nitrogen and oxygen atoms in total. The van der Waals surface area contributed by atoms with Crippen LogP contribution < -0.4 is 10.6 Å². The lowest BCUT2D eigenvalue weighted by atomic mass is 10.1. The van der Waals surface area contributed by atoms with E-state index in [1.54, 1.807) is 12.1 Å². The highest BCUT2D eigenvalue weighted by molar-refractivity contribution is 5.79. The SMILES string of the molecule is CCOCCCNC(=NCc1nnc(C)n1C)NCCc1ccccc1F. The third-order valence-corrected chi connectivity index (χ3v) is 4.17. The Bertz CT molecular complexity index is 731. The van der Waals surface area contributed by atoms with Crippen LogP contribution in [0.25, 0.3) is 0 Å². The maximum atomic E-state index is 13.7. The molecular weight excluding hydrogens is 347 g/mol. The Labute approximate surface area is 160 Å². The van der Waals surface area contributed by atoms with E-state index in [1.165, 1.54) is 6.07 Å². The van der Waals surface area contributed by atoms with Crippen LogP contribution in [0.4, 0.5) is 4.39 Å². The number of aryl methyl sites for hydroxylation is 1. The largest absolute Gasteiger partial charge is 0.382 e. The Balaban J connectivity index is 1.90. The Morgan fingerprint density at radius 3 is 2.70 bits per heavy atom. The van der Waals surface area contributed by atoms with Gasteiger partial charge in [0, 0.05) is 33.4 Å². The van der Waals surface area contributed by atoms with Gasteiger partial charge in [0.05, 0.1) is 0 Å². The second-order valence-electron chi connectivity index (χ2n) is 6.13. The number of hydrogen-bond acceptors (Lipinski definition) is 4. The topological polar surface area (TPSA) is 76.4 Å². The lowest BCUT2D eigenvalue weighted by molar-refractivity contribution is 0.145. The molecule has 0 unspecified atom stereocenters. The van der Waals surface area contributed by atoms with E-state index in [9.17, 15) is 4.39 Å². The third kappa shape index (κ3) is 6.97. The van der Waals surface area contributed by atoms with Gasteiger partial charge in [-0.3, -0.25) is 0 Å². The zero-order valence-corrected chi connectivity index (χ0v) is 16.3. The van der Waals surface area contributed by atoms with E-state index in [0.717, 1.165) is 24.6 Å². The number of aromatic nitrogens is 3. The van der Waals surface area contributed by atoms with Gasteiger partial charge in [-0.05, 0) is 38.3 Å². The summed E-state index contributed by atoms with van der Waals surface area (Å²) in [6.07, 6.45) is 1.46. The van der Waals surface area contributed by atoms with Crippen molar-refractivity contribution in [3.8, 4) is 0 Å². The molecule has 1 aromatic carbocycles. The van der Waals surface area contributed by atoms with Crippen LogP contribution in [0.15, 0.2) is 29.3 Å². The van der Waals surface area contributed by atoms with Crippen LogP contribution in [0.1, 0.15) is 30.6 Å². The first-order valence-corrected chi connectivity index (χ1v) is 9.30. The molecule has 0 aliphatic heterocycles. The number of guanidine groups is 1. The molecule has 0 atom stereocenters. The van der Waals surface area contributed by atoms with Gasteiger partial charge in [0.25, 0.3) is 0 Å².